The van der Waals surface area contributed by atoms with Crippen molar-refractivity contribution in [2.24, 2.45) is 0 Å². The predicted molar refractivity (Wildman–Crippen MR) is 170 cm³/mol. The van der Waals surface area contributed by atoms with Crippen LogP contribution in [-0.2, 0) is 10.8 Å². The zero-order chi connectivity index (χ0) is 34.8. The number of carbonyl (C=O) groups excluding carboxylic acids is 1. The van der Waals surface area contributed by atoms with Crippen LogP contribution in [0.5, 0.6) is 17.2 Å². The first-order valence-electron chi connectivity index (χ1n) is 15.3. The molecule has 0 spiro atoms. The van der Waals surface area contributed by atoms with Crippen molar-refractivity contribution >= 4 is 5.78 Å². The first-order chi connectivity index (χ1) is 21.8. The third-order valence-corrected chi connectivity index (χ3v) is 8.84. The van der Waals surface area contributed by atoms with Crippen LogP contribution in [-0.4, -0.2) is 23.7 Å². The lowest BCUT2D eigenvalue weighted by atomic mass is 9.73. The average molecular weight is 657 g/mol. The van der Waals surface area contributed by atoms with E-state index in [4.69, 9.17) is 9.47 Å². The Balaban J connectivity index is 1.58. The third kappa shape index (κ3) is 7.34. The van der Waals surface area contributed by atoms with Gasteiger partial charge in [0.25, 0.3) is 0 Å². The van der Waals surface area contributed by atoms with Gasteiger partial charge >= 0.3 is 12.4 Å². The fraction of sp³-hybridized carbons (Fsp3) is 0.342. The van der Waals surface area contributed by atoms with Gasteiger partial charge in [0.2, 0.25) is 5.41 Å². The zero-order valence-electron chi connectivity index (χ0n) is 27.1. The second-order valence-corrected chi connectivity index (χ2v) is 12.8. The van der Waals surface area contributed by atoms with Crippen LogP contribution < -0.4 is 9.47 Å². The van der Waals surface area contributed by atoms with Gasteiger partial charge in [-0.25, -0.2) is 0 Å². The minimum absolute atomic E-state index is 0.0192. The standard InChI is InChI=1S/C38H38F6O3/c1-7-34(3,4)27-13-9-25(10-14-27)33(45)26-11-19-30(20-12-26)46-31-21-15-28(16-22-31)36(37(39,40)41,38(42,43)44)29-17-23-32(24-18-29)47-35(5,6)8-2/h9-24H,7-8H2,1-6H3. The fourth-order valence-electron chi connectivity index (χ4n) is 5.17. The van der Waals surface area contributed by atoms with Crippen LogP contribution in [0.2, 0.25) is 0 Å². The van der Waals surface area contributed by atoms with E-state index in [0.29, 0.717) is 17.5 Å². The number of carbonyl (C=O) groups is 1. The molecule has 0 aliphatic carbocycles. The lowest BCUT2D eigenvalue weighted by Crippen LogP contribution is -2.54. The molecule has 0 saturated heterocycles. The topological polar surface area (TPSA) is 35.5 Å². The molecule has 0 saturated carbocycles. The lowest BCUT2D eigenvalue weighted by Gasteiger charge is -2.38. The van der Waals surface area contributed by atoms with Gasteiger partial charge in [-0.1, -0.05) is 76.2 Å². The highest BCUT2D eigenvalue weighted by Crippen LogP contribution is 2.56. The number of ketones is 1. The van der Waals surface area contributed by atoms with Crippen LogP contribution in [0.25, 0.3) is 0 Å². The summed E-state index contributed by atoms with van der Waals surface area (Å²) in [6, 6.07) is 21.0. The molecule has 4 aromatic rings. The first-order valence-corrected chi connectivity index (χ1v) is 15.3. The molecule has 9 heteroatoms. The first kappa shape index (κ1) is 35.6. The largest absolute Gasteiger partial charge is 0.488 e. The Morgan fingerprint density at radius 2 is 0.894 bits per heavy atom. The van der Waals surface area contributed by atoms with E-state index in [9.17, 15) is 31.1 Å². The highest BCUT2D eigenvalue weighted by atomic mass is 19.4. The molecule has 0 fully saturated rings. The van der Waals surface area contributed by atoms with Crippen molar-refractivity contribution in [3.05, 3.63) is 125 Å². The van der Waals surface area contributed by atoms with Crippen molar-refractivity contribution in [1.82, 2.24) is 0 Å². The molecule has 3 nitrogen and oxygen atoms in total. The molecule has 0 radical (unpaired) electrons. The summed E-state index contributed by atoms with van der Waals surface area (Å²) >= 11 is 0. The van der Waals surface area contributed by atoms with Crippen molar-refractivity contribution in [3.63, 3.8) is 0 Å². The second-order valence-electron chi connectivity index (χ2n) is 12.8. The van der Waals surface area contributed by atoms with Gasteiger partial charge in [-0.05, 0) is 97.3 Å². The summed E-state index contributed by atoms with van der Waals surface area (Å²) in [5.41, 5.74) is -4.96. The molecule has 0 aliphatic heterocycles. The summed E-state index contributed by atoms with van der Waals surface area (Å²) in [7, 11) is 0. The van der Waals surface area contributed by atoms with Gasteiger partial charge in [-0.2, -0.15) is 26.3 Å². The SMILES string of the molecule is CCC(C)(C)Oc1ccc(C(c2ccc(Oc3ccc(C(=O)c4ccc(C(C)(C)CC)cc4)cc3)cc2)(C(F)(F)F)C(F)(F)F)cc1. The molecule has 0 heterocycles. The molecule has 0 aliphatic rings. The number of halogens is 6. The van der Waals surface area contributed by atoms with Gasteiger partial charge in [0.1, 0.15) is 22.8 Å². The number of benzene rings is 4. The minimum Gasteiger partial charge on any atom is -0.488 e. The molecule has 4 aromatic carbocycles. The summed E-state index contributed by atoms with van der Waals surface area (Å²) < 4.78 is 99.2. The minimum atomic E-state index is -5.73. The van der Waals surface area contributed by atoms with Crippen molar-refractivity contribution in [1.29, 1.82) is 0 Å². The maximum absolute atomic E-state index is 14.6. The van der Waals surface area contributed by atoms with Gasteiger partial charge in [0.15, 0.2) is 5.78 Å². The molecule has 0 atom stereocenters. The molecule has 47 heavy (non-hydrogen) atoms. The summed E-state index contributed by atoms with van der Waals surface area (Å²) in [6.07, 6.45) is -9.94. The van der Waals surface area contributed by atoms with Crippen molar-refractivity contribution in [2.45, 2.75) is 83.2 Å². The maximum atomic E-state index is 14.6. The zero-order valence-corrected chi connectivity index (χ0v) is 27.1. The third-order valence-electron chi connectivity index (χ3n) is 8.84. The van der Waals surface area contributed by atoms with E-state index >= 15 is 0 Å². The smallest absolute Gasteiger partial charge is 0.411 e. The van der Waals surface area contributed by atoms with Gasteiger partial charge in [0, 0.05) is 11.1 Å². The Bertz CT molecular complexity index is 1640. The van der Waals surface area contributed by atoms with Crippen LogP contribution in [0.4, 0.5) is 26.3 Å². The molecule has 0 unspecified atom stereocenters. The Kier molecular flexibility index (Phi) is 9.91. The van der Waals surface area contributed by atoms with Crippen molar-refractivity contribution in [3.8, 4) is 17.2 Å². The predicted octanol–water partition coefficient (Wildman–Crippen LogP) is 11.4. The van der Waals surface area contributed by atoms with E-state index in [1.807, 2.05) is 19.1 Å². The normalized spacial score (nSPS) is 12.9. The van der Waals surface area contributed by atoms with E-state index in [0.717, 1.165) is 60.5 Å². The molecular weight excluding hydrogens is 618 g/mol. The molecule has 0 N–H and O–H groups in total. The van der Waals surface area contributed by atoms with Crippen molar-refractivity contribution in [2.75, 3.05) is 0 Å². The number of ether oxygens (including phenoxy) is 2. The fourth-order valence-corrected chi connectivity index (χ4v) is 5.17. The number of alkyl halides is 6. The molecule has 0 amide bonds. The maximum Gasteiger partial charge on any atom is 0.411 e. The van der Waals surface area contributed by atoms with E-state index in [1.165, 1.54) is 12.1 Å². The Labute approximate surface area is 271 Å². The summed E-state index contributed by atoms with van der Waals surface area (Å²) in [6.45, 7) is 11.7. The monoisotopic (exact) mass is 656 g/mol. The quantitative estimate of drug-likeness (QED) is 0.119. The van der Waals surface area contributed by atoms with Gasteiger partial charge in [-0.15, -0.1) is 0 Å². The van der Waals surface area contributed by atoms with Crippen molar-refractivity contribution < 1.29 is 40.6 Å². The molecule has 4 rings (SSSR count). The number of rotatable bonds is 11. The van der Waals surface area contributed by atoms with Crippen LogP contribution in [0, 0.1) is 0 Å². The molecule has 0 aromatic heterocycles. The Morgan fingerprint density at radius 1 is 0.532 bits per heavy atom. The van der Waals surface area contributed by atoms with Crippen LogP contribution in [0.3, 0.4) is 0 Å². The van der Waals surface area contributed by atoms with Crippen LogP contribution in [0.15, 0.2) is 97.1 Å². The van der Waals surface area contributed by atoms with E-state index in [1.54, 1.807) is 38.1 Å². The van der Waals surface area contributed by atoms with E-state index in [-0.39, 0.29) is 28.4 Å². The second kappa shape index (κ2) is 13.1. The summed E-state index contributed by atoms with van der Waals surface area (Å²) in [4.78, 5) is 13.0. The summed E-state index contributed by atoms with van der Waals surface area (Å²) in [5, 5.41) is 0. The highest BCUT2D eigenvalue weighted by molar-refractivity contribution is 6.09. The summed E-state index contributed by atoms with van der Waals surface area (Å²) in [5.74, 6) is 0.221. The highest BCUT2D eigenvalue weighted by Gasteiger charge is 2.72. The van der Waals surface area contributed by atoms with Crippen LogP contribution in [0.1, 0.15) is 87.0 Å². The van der Waals surface area contributed by atoms with Gasteiger partial charge < -0.3 is 9.47 Å². The molecule has 0 bridgehead atoms. The van der Waals surface area contributed by atoms with E-state index in [2.05, 4.69) is 20.8 Å². The molecular formula is C38H38F6O3. The van der Waals surface area contributed by atoms with Gasteiger partial charge in [0.05, 0.1) is 0 Å². The number of hydrogen-bond acceptors (Lipinski definition) is 3. The Morgan fingerprint density at radius 3 is 1.28 bits per heavy atom. The average Bonchev–Trinajstić information content (AvgIpc) is 3.01. The van der Waals surface area contributed by atoms with Crippen LogP contribution >= 0.6 is 0 Å². The van der Waals surface area contributed by atoms with Gasteiger partial charge in [-0.3, -0.25) is 4.79 Å². The van der Waals surface area contributed by atoms with E-state index < -0.39 is 34.5 Å². The molecule has 250 valence electrons. The Hall–Kier alpha value is -4.27. The number of hydrogen-bond donors (Lipinski definition) is 0. The lowest BCUT2D eigenvalue weighted by molar-refractivity contribution is -0.288.